The van der Waals surface area contributed by atoms with Crippen LogP contribution in [0.1, 0.15) is 22.0 Å². The van der Waals surface area contributed by atoms with Crippen molar-refractivity contribution < 1.29 is 23.4 Å². The molecule has 9 heteroatoms. The van der Waals surface area contributed by atoms with Crippen molar-refractivity contribution in [3.63, 3.8) is 0 Å². The summed E-state index contributed by atoms with van der Waals surface area (Å²) in [7, 11) is 3.02. The quantitative estimate of drug-likeness (QED) is 0.524. The molecule has 8 nitrogen and oxygen atoms in total. The van der Waals surface area contributed by atoms with Crippen LogP contribution in [0, 0.1) is 5.82 Å². The number of fused-ring (bicyclic) bond motifs is 3. The van der Waals surface area contributed by atoms with E-state index in [9.17, 15) is 9.18 Å². The third-order valence-electron chi connectivity index (χ3n) is 5.86. The van der Waals surface area contributed by atoms with Crippen LogP contribution in [-0.4, -0.2) is 49.4 Å². The van der Waals surface area contributed by atoms with Gasteiger partial charge < -0.3 is 29.8 Å². The first kappa shape index (κ1) is 21.0. The third kappa shape index (κ3) is 3.70. The van der Waals surface area contributed by atoms with E-state index in [1.54, 1.807) is 37.7 Å². The SMILES string of the molecule is COc1c(F)cccc1Nc1c2[nH]c3c1C(=O)NC[C@H]3/C=C\[C@@H](OC)COc1cnccc1-2. The molecule has 0 radical (unpaired) electrons. The number of rotatable bonds is 4. The van der Waals surface area contributed by atoms with Crippen molar-refractivity contribution in [3.8, 4) is 22.8 Å². The molecule has 2 bridgehead atoms. The van der Waals surface area contributed by atoms with E-state index in [-0.39, 0.29) is 23.7 Å². The fraction of sp³-hybridized carbons (Fsp3) is 0.250. The van der Waals surface area contributed by atoms with Crippen molar-refractivity contribution in [2.45, 2.75) is 12.0 Å². The first-order valence-corrected chi connectivity index (χ1v) is 10.5. The van der Waals surface area contributed by atoms with Gasteiger partial charge in [-0.3, -0.25) is 9.78 Å². The highest BCUT2D eigenvalue weighted by Gasteiger charge is 2.33. The number of amides is 1. The lowest BCUT2D eigenvalue weighted by Gasteiger charge is -2.22. The lowest BCUT2D eigenvalue weighted by molar-refractivity contribution is 0.0912. The molecule has 2 aliphatic rings. The smallest absolute Gasteiger partial charge is 0.255 e. The molecule has 1 amide bonds. The van der Waals surface area contributed by atoms with Gasteiger partial charge in [0.25, 0.3) is 5.91 Å². The number of carbonyl (C=O) groups excluding carboxylic acids is 1. The first-order chi connectivity index (χ1) is 16.1. The fourth-order valence-electron chi connectivity index (χ4n) is 4.20. The lowest BCUT2D eigenvalue weighted by Crippen LogP contribution is -2.34. The van der Waals surface area contributed by atoms with Crippen LogP contribution in [0.4, 0.5) is 15.8 Å². The van der Waals surface area contributed by atoms with Gasteiger partial charge in [0.05, 0.1) is 35.9 Å². The van der Waals surface area contributed by atoms with E-state index in [0.29, 0.717) is 47.1 Å². The largest absolute Gasteiger partial charge is 0.492 e. The van der Waals surface area contributed by atoms with Crippen molar-refractivity contribution in [2.75, 3.05) is 32.7 Å². The molecule has 0 spiro atoms. The molecule has 2 atom stereocenters. The Kier molecular flexibility index (Phi) is 5.47. The number of hydrogen-bond donors (Lipinski definition) is 3. The molecule has 0 saturated heterocycles. The number of methoxy groups -OCH3 is 2. The molecule has 2 aromatic heterocycles. The van der Waals surface area contributed by atoms with E-state index in [0.717, 1.165) is 5.69 Å². The Morgan fingerprint density at radius 2 is 2.12 bits per heavy atom. The normalized spacial score (nSPS) is 20.0. The number of carbonyl (C=O) groups is 1. The van der Waals surface area contributed by atoms with Gasteiger partial charge in [-0.1, -0.05) is 18.2 Å². The molecule has 1 aromatic carbocycles. The van der Waals surface area contributed by atoms with Crippen LogP contribution in [0.2, 0.25) is 0 Å². The summed E-state index contributed by atoms with van der Waals surface area (Å²) in [6.45, 7) is 0.732. The topological polar surface area (TPSA) is 97.5 Å². The summed E-state index contributed by atoms with van der Waals surface area (Å²) in [5.74, 6) is -0.262. The van der Waals surface area contributed by atoms with Crippen LogP contribution in [0.3, 0.4) is 0 Å². The van der Waals surface area contributed by atoms with Crippen LogP contribution in [0.15, 0.2) is 48.8 Å². The van der Waals surface area contributed by atoms with E-state index in [4.69, 9.17) is 14.2 Å². The molecular weight excluding hydrogens is 427 g/mol. The summed E-state index contributed by atoms with van der Waals surface area (Å²) >= 11 is 0. The van der Waals surface area contributed by atoms with Gasteiger partial charge in [-0.25, -0.2) is 4.39 Å². The average Bonchev–Trinajstić information content (AvgIpc) is 3.19. The highest BCUT2D eigenvalue weighted by atomic mass is 19.1. The van der Waals surface area contributed by atoms with Crippen molar-refractivity contribution in [1.82, 2.24) is 15.3 Å². The second-order valence-corrected chi connectivity index (χ2v) is 7.77. The van der Waals surface area contributed by atoms with E-state index < -0.39 is 5.82 Å². The number of nitrogens with one attached hydrogen (secondary N) is 3. The van der Waals surface area contributed by atoms with Gasteiger partial charge in [0.2, 0.25) is 0 Å². The first-order valence-electron chi connectivity index (χ1n) is 10.5. The average molecular weight is 450 g/mol. The Labute approximate surface area is 189 Å². The maximum Gasteiger partial charge on any atom is 0.255 e. The Bertz CT molecular complexity index is 1240. The molecule has 0 saturated carbocycles. The summed E-state index contributed by atoms with van der Waals surface area (Å²) < 4.78 is 31.2. The summed E-state index contributed by atoms with van der Waals surface area (Å²) in [6, 6.07) is 6.40. The zero-order valence-corrected chi connectivity index (χ0v) is 18.1. The van der Waals surface area contributed by atoms with Crippen LogP contribution >= 0.6 is 0 Å². The van der Waals surface area contributed by atoms with Crippen LogP contribution in [-0.2, 0) is 4.74 Å². The van der Waals surface area contributed by atoms with Gasteiger partial charge in [-0.15, -0.1) is 0 Å². The predicted molar refractivity (Wildman–Crippen MR) is 121 cm³/mol. The Hall–Kier alpha value is -3.85. The number of benzene rings is 1. The van der Waals surface area contributed by atoms with Crippen LogP contribution < -0.4 is 20.1 Å². The standard InChI is InChI=1S/C24H23FN4O4/c1-31-14-7-6-13-10-27-24(30)19-20(13)29-21(15-8-9-26-11-18(15)33-12-14)22(19)28-17-5-3-4-16(25)23(17)32-2/h3-9,11,13-14,28-29H,10,12H2,1-2H3,(H,27,30)/b7-6-/t13-,14-/m1/s1. The second-order valence-electron chi connectivity index (χ2n) is 7.77. The van der Waals surface area contributed by atoms with Gasteiger partial charge in [0.1, 0.15) is 18.5 Å². The molecule has 0 unspecified atom stereocenters. The monoisotopic (exact) mass is 450 g/mol. The van der Waals surface area contributed by atoms with Crippen molar-refractivity contribution in [3.05, 3.63) is 65.9 Å². The fourth-order valence-corrected chi connectivity index (χ4v) is 4.20. The highest BCUT2D eigenvalue weighted by Crippen LogP contribution is 2.44. The number of para-hydroxylation sites is 1. The van der Waals surface area contributed by atoms with Gasteiger partial charge >= 0.3 is 0 Å². The summed E-state index contributed by atoms with van der Waals surface area (Å²) in [5.41, 5.74) is 3.45. The van der Waals surface area contributed by atoms with Crippen LogP contribution in [0.5, 0.6) is 11.5 Å². The number of nitrogens with zero attached hydrogens (tertiary/aromatic N) is 1. The Morgan fingerprint density at radius 1 is 1.24 bits per heavy atom. The third-order valence-corrected chi connectivity index (χ3v) is 5.86. The molecule has 5 rings (SSSR count). The second kappa shape index (κ2) is 8.59. The lowest BCUT2D eigenvalue weighted by atomic mass is 9.95. The predicted octanol–water partition coefficient (Wildman–Crippen LogP) is 3.76. The number of H-pyrrole nitrogens is 1. The number of ether oxygens (including phenoxy) is 3. The number of aromatic amines is 1. The van der Waals surface area contributed by atoms with E-state index >= 15 is 0 Å². The number of pyridine rings is 1. The van der Waals surface area contributed by atoms with E-state index in [1.165, 1.54) is 13.2 Å². The summed E-state index contributed by atoms with van der Waals surface area (Å²) in [4.78, 5) is 20.7. The Morgan fingerprint density at radius 3 is 2.94 bits per heavy atom. The molecule has 0 fully saturated rings. The van der Waals surface area contributed by atoms with Gasteiger partial charge in [-0.05, 0) is 18.2 Å². The number of anilines is 2. The maximum absolute atomic E-state index is 14.4. The molecule has 3 aromatic rings. The zero-order valence-electron chi connectivity index (χ0n) is 18.1. The van der Waals surface area contributed by atoms with Gasteiger partial charge in [-0.2, -0.15) is 0 Å². The zero-order chi connectivity index (χ0) is 22.9. The number of halogens is 1. The van der Waals surface area contributed by atoms with Gasteiger partial charge in [0, 0.05) is 37.0 Å². The molecular formula is C24H23FN4O4. The molecule has 3 N–H and O–H groups in total. The number of aromatic nitrogens is 2. The summed E-state index contributed by atoms with van der Waals surface area (Å²) in [6.07, 6.45) is 6.93. The van der Waals surface area contributed by atoms with Crippen molar-refractivity contribution >= 4 is 17.3 Å². The molecule has 33 heavy (non-hydrogen) atoms. The molecule has 170 valence electrons. The minimum Gasteiger partial charge on any atom is -0.492 e. The van der Waals surface area contributed by atoms with Crippen LogP contribution in [0.25, 0.3) is 11.3 Å². The number of hydrogen-bond acceptors (Lipinski definition) is 6. The highest BCUT2D eigenvalue weighted by molar-refractivity contribution is 6.07. The van der Waals surface area contributed by atoms with Gasteiger partial charge in [0.15, 0.2) is 11.6 Å². The molecule has 2 aliphatic heterocycles. The van der Waals surface area contributed by atoms with Crippen molar-refractivity contribution in [1.29, 1.82) is 0 Å². The Balaban J connectivity index is 1.74. The van der Waals surface area contributed by atoms with Crippen molar-refractivity contribution in [2.24, 2.45) is 0 Å². The van der Waals surface area contributed by atoms with E-state index in [2.05, 4.69) is 20.6 Å². The minimum absolute atomic E-state index is 0.0568. The maximum atomic E-state index is 14.4. The molecule has 0 aliphatic carbocycles. The summed E-state index contributed by atoms with van der Waals surface area (Å²) in [5, 5.41) is 6.19. The molecule has 4 heterocycles. The van der Waals surface area contributed by atoms with E-state index in [1.807, 2.05) is 12.2 Å². The minimum atomic E-state index is -0.508.